The lowest BCUT2D eigenvalue weighted by molar-refractivity contribution is 0.205. The highest BCUT2D eigenvalue weighted by Crippen LogP contribution is 2.48. The van der Waals surface area contributed by atoms with Gasteiger partial charge in [-0.05, 0) is 56.4 Å². The first-order valence-electron chi connectivity index (χ1n) is 7.33. The van der Waals surface area contributed by atoms with Crippen molar-refractivity contribution in [3.05, 3.63) is 12.2 Å². The fourth-order valence-corrected chi connectivity index (χ4v) is 4.42. The Hall–Kier alpha value is -0.340. The molecule has 3 rings (SSSR count). The Balaban J connectivity index is 1.44. The third-order valence-corrected chi connectivity index (χ3v) is 5.18. The molecular formula is C15H26N2. The topological polar surface area (TPSA) is 29.3 Å². The molecule has 0 heterocycles. The highest BCUT2D eigenvalue weighted by molar-refractivity contribution is 5.05. The molecule has 2 fully saturated rings. The van der Waals surface area contributed by atoms with Crippen molar-refractivity contribution >= 4 is 0 Å². The van der Waals surface area contributed by atoms with Crippen molar-refractivity contribution in [2.24, 2.45) is 29.4 Å². The Labute approximate surface area is 105 Å². The Bertz CT molecular complexity index is 299. The van der Waals surface area contributed by atoms with Crippen LogP contribution in [0.2, 0.25) is 0 Å². The van der Waals surface area contributed by atoms with E-state index in [1.54, 1.807) is 0 Å². The van der Waals surface area contributed by atoms with Gasteiger partial charge in [0, 0.05) is 19.1 Å². The van der Waals surface area contributed by atoms with Crippen molar-refractivity contribution in [2.45, 2.75) is 38.1 Å². The van der Waals surface area contributed by atoms with E-state index >= 15 is 0 Å². The van der Waals surface area contributed by atoms with Gasteiger partial charge in [-0.1, -0.05) is 18.6 Å². The lowest BCUT2D eigenvalue weighted by Gasteiger charge is -2.28. The van der Waals surface area contributed by atoms with Gasteiger partial charge in [0.1, 0.15) is 0 Å². The summed E-state index contributed by atoms with van der Waals surface area (Å²) in [5.41, 5.74) is 5.91. The van der Waals surface area contributed by atoms with E-state index in [0.717, 1.165) is 24.2 Å². The Morgan fingerprint density at radius 1 is 1.12 bits per heavy atom. The molecule has 2 bridgehead atoms. The summed E-state index contributed by atoms with van der Waals surface area (Å²) in [6.45, 7) is 2.53. The minimum absolute atomic E-state index is 0.316. The Morgan fingerprint density at radius 2 is 2.00 bits per heavy atom. The van der Waals surface area contributed by atoms with Crippen LogP contribution in [0.4, 0.5) is 0 Å². The number of rotatable bonds is 4. The van der Waals surface area contributed by atoms with Crippen LogP contribution in [-0.4, -0.2) is 31.1 Å². The van der Waals surface area contributed by atoms with Gasteiger partial charge in [-0.3, -0.25) is 0 Å². The van der Waals surface area contributed by atoms with Crippen LogP contribution >= 0.6 is 0 Å². The molecule has 2 nitrogen and oxygen atoms in total. The fraction of sp³-hybridized carbons (Fsp3) is 0.867. The molecule has 2 heteroatoms. The SMILES string of the molecule is CN(CC1C=CC(N)C1)CC1CC2CCC1C2. The van der Waals surface area contributed by atoms with Gasteiger partial charge in [0.2, 0.25) is 0 Å². The summed E-state index contributed by atoms with van der Waals surface area (Å²) in [6, 6.07) is 0.316. The first kappa shape index (κ1) is 11.7. The predicted molar refractivity (Wildman–Crippen MR) is 71.7 cm³/mol. The van der Waals surface area contributed by atoms with E-state index < -0.39 is 0 Å². The average molecular weight is 234 g/mol. The minimum atomic E-state index is 0.316. The Morgan fingerprint density at radius 3 is 2.59 bits per heavy atom. The molecule has 2 saturated carbocycles. The third-order valence-electron chi connectivity index (χ3n) is 5.18. The maximum Gasteiger partial charge on any atom is 0.0229 e. The van der Waals surface area contributed by atoms with E-state index in [0.29, 0.717) is 12.0 Å². The van der Waals surface area contributed by atoms with Crippen LogP contribution in [0.5, 0.6) is 0 Å². The largest absolute Gasteiger partial charge is 0.324 e. The van der Waals surface area contributed by atoms with Gasteiger partial charge in [-0.2, -0.15) is 0 Å². The first-order chi connectivity index (χ1) is 8.20. The zero-order chi connectivity index (χ0) is 11.8. The highest BCUT2D eigenvalue weighted by atomic mass is 15.1. The number of nitrogens with two attached hydrogens (primary N) is 1. The van der Waals surface area contributed by atoms with Gasteiger partial charge < -0.3 is 10.6 Å². The first-order valence-corrected chi connectivity index (χ1v) is 7.33. The van der Waals surface area contributed by atoms with Gasteiger partial charge in [-0.15, -0.1) is 0 Å². The molecule has 5 atom stereocenters. The molecule has 3 aliphatic rings. The molecule has 96 valence electrons. The molecule has 0 aromatic carbocycles. The predicted octanol–water partition coefficient (Wildman–Crippen LogP) is 2.26. The summed E-state index contributed by atoms with van der Waals surface area (Å²) in [7, 11) is 2.30. The van der Waals surface area contributed by atoms with Crippen LogP contribution in [0, 0.1) is 23.7 Å². The van der Waals surface area contributed by atoms with Crippen molar-refractivity contribution in [3.8, 4) is 0 Å². The molecule has 17 heavy (non-hydrogen) atoms. The summed E-state index contributed by atoms with van der Waals surface area (Å²) in [5.74, 6) is 3.84. The molecule has 0 radical (unpaired) electrons. The molecule has 0 aliphatic heterocycles. The van der Waals surface area contributed by atoms with Crippen LogP contribution in [0.15, 0.2) is 12.2 Å². The van der Waals surface area contributed by atoms with Crippen molar-refractivity contribution < 1.29 is 0 Å². The monoisotopic (exact) mass is 234 g/mol. The molecule has 5 unspecified atom stereocenters. The molecule has 3 aliphatic carbocycles. The van der Waals surface area contributed by atoms with Crippen molar-refractivity contribution in [2.75, 3.05) is 20.1 Å². The molecule has 0 spiro atoms. The van der Waals surface area contributed by atoms with E-state index in [4.69, 9.17) is 5.73 Å². The number of hydrogen-bond donors (Lipinski definition) is 1. The second kappa shape index (κ2) is 4.74. The summed E-state index contributed by atoms with van der Waals surface area (Å²) >= 11 is 0. The normalized spacial score (nSPS) is 44.1. The van der Waals surface area contributed by atoms with E-state index in [1.165, 1.54) is 38.8 Å². The van der Waals surface area contributed by atoms with Crippen LogP contribution in [0.25, 0.3) is 0 Å². The molecule has 0 saturated heterocycles. The maximum atomic E-state index is 5.91. The molecular weight excluding hydrogens is 208 g/mol. The quantitative estimate of drug-likeness (QED) is 0.756. The molecule has 0 aromatic rings. The molecule has 0 aromatic heterocycles. The van der Waals surface area contributed by atoms with Crippen molar-refractivity contribution in [1.82, 2.24) is 4.90 Å². The van der Waals surface area contributed by atoms with E-state index in [9.17, 15) is 0 Å². The highest BCUT2D eigenvalue weighted by Gasteiger charge is 2.39. The van der Waals surface area contributed by atoms with Gasteiger partial charge in [-0.25, -0.2) is 0 Å². The van der Waals surface area contributed by atoms with E-state index in [-0.39, 0.29) is 0 Å². The van der Waals surface area contributed by atoms with Crippen LogP contribution in [0.3, 0.4) is 0 Å². The second-order valence-corrected chi connectivity index (χ2v) is 6.70. The summed E-state index contributed by atoms with van der Waals surface area (Å²) in [4.78, 5) is 2.55. The summed E-state index contributed by atoms with van der Waals surface area (Å²) < 4.78 is 0. The fourth-order valence-electron chi connectivity index (χ4n) is 4.42. The number of fused-ring (bicyclic) bond motifs is 2. The van der Waals surface area contributed by atoms with Gasteiger partial charge in [0.25, 0.3) is 0 Å². The van der Waals surface area contributed by atoms with Gasteiger partial charge in [0.05, 0.1) is 0 Å². The number of nitrogens with zero attached hydrogens (tertiary/aromatic N) is 1. The number of hydrogen-bond acceptors (Lipinski definition) is 2. The van der Waals surface area contributed by atoms with E-state index in [2.05, 4.69) is 24.1 Å². The van der Waals surface area contributed by atoms with Gasteiger partial charge >= 0.3 is 0 Å². The van der Waals surface area contributed by atoms with Crippen LogP contribution < -0.4 is 5.73 Å². The third kappa shape index (κ3) is 2.58. The lowest BCUT2D eigenvalue weighted by Crippen LogP contribution is -2.32. The molecule has 0 amide bonds. The minimum Gasteiger partial charge on any atom is -0.324 e. The zero-order valence-corrected chi connectivity index (χ0v) is 11.0. The summed E-state index contributed by atoms with van der Waals surface area (Å²) in [6.07, 6.45) is 11.7. The average Bonchev–Trinajstić information content (AvgIpc) is 2.95. The van der Waals surface area contributed by atoms with Crippen molar-refractivity contribution in [1.29, 1.82) is 0 Å². The summed E-state index contributed by atoms with van der Waals surface area (Å²) in [5, 5.41) is 0. The lowest BCUT2D eigenvalue weighted by atomic mass is 9.88. The van der Waals surface area contributed by atoms with E-state index in [1.807, 2.05) is 0 Å². The Kier molecular flexibility index (Phi) is 3.27. The van der Waals surface area contributed by atoms with Crippen LogP contribution in [-0.2, 0) is 0 Å². The standard InChI is InChI=1S/C15H26N2/c1-17(9-12-3-5-15(16)8-12)10-14-7-11-2-4-13(14)6-11/h3,5,11-15H,2,4,6-10,16H2,1H3. The maximum absolute atomic E-state index is 5.91. The molecule has 2 N–H and O–H groups in total. The van der Waals surface area contributed by atoms with Crippen molar-refractivity contribution in [3.63, 3.8) is 0 Å². The van der Waals surface area contributed by atoms with Gasteiger partial charge in [0.15, 0.2) is 0 Å². The van der Waals surface area contributed by atoms with Crippen LogP contribution in [0.1, 0.15) is 32.1 Å². The zero-order valence-electron chi connectivity index (χ0n) is 11.0. The smallest absolute Gasteiger partial charge is 0.0229 e. The second-order valence-electron chi connectivity index (χ2n) is 6.70.